The molecule has 0 spiro atoms. The summed E-state index contributed by atoms with van der Waals surface area (Å²) in [6.07, 6.45) is 4.16. The SMILES string of the molecule is CC(C1CCCC1=O)C(O)(CS(=O)(=O)c1ccccc1)c1ccn(S(=O)(=O)c2ccccc2)c1. The number of sulfone groups is 1. The van der Waals surface area contributed by atoms with Gasteiger partial charge in [-0.1, -0.05) is 43.3 Å². The number of aliphatic hydroxyl groups is 1. The van der Waals surface area contributed by atoms with Crippen LogP contribution in [0, 0.1) is 11.8 Å². The second-order valence-corrected chi connectivity index (χ2v) is 12.6. The van der Waals surface area contributed by atoms with E-state index in [4.69, 9.17) is 0 Å². The summed E-state index contributed by atoms with van der Waals surface area (Å²) in [6.45, 7) is 1.66. The molecule has 0 bridgehead atoms. The monoisotopic (exact) mass is 501 g/mol. The number of carbonyl (C=O) groups is 1. The zero-order valence-electron chi connectivity index (χ0n) is 18.7. The van der Waals surface area contributed by atoms with Crippen molar-refractivity contribution in [1.82, 2.24) is 3.97 Å². The van der Waals surface area contributed by atoms with E-state index in [1.807, 2.05) is 0 Å². The Bertz CT molecular complexity index is 1380. The Morgan fingerprint density at radius 2 is 1.56 bits per heavy atom. The molecule has 0 radical (unpaired) electrons. The highest BCUT2D eigenvalue weighted by Crippen LogP contribution is 2.42. The first-order valence-electron chi connectivity index (χ1n) is 11.1. The van der Waals surface area contributed by atoms with E-state index in [-0.39, 0.29) is 21.1 Å². The van der Waals surface area contributed by atoms with E-state index in [2.05, 4.69) is 0 Å². The minimum absolute atomic E-state index is 0.0145. The summed E-state index contributed by atoms with van der Waals surface area (Å²) in [5, 5.41) is 11.9. The molecule has 1 aromatic heterocycles. The van der Waals surface area contributed by atoms with Crippen LogP contribution in [0.15, 0.2) is 88.9 Å². The quantitative estimate of drug-likeness (QED) is 0.507. The second kappa shape index (κ2) is 9.13. The Balaban J connectivity index is 1.79. The standard InChI is InChI=1S/C25H27NO6S2/c1-19(23-13-8-14-24(23)27)25(28,18-33(29,30)21-9-4-2-5-10-21)20-15-16-26(17-20)34(31,32)22-11-6-3-7-12-22/h2-7,9-12,15-17,19,23,28H,8,13-14,18H2,1H3. The number of rotatable bonds is 8. The Labute approximate surface area is 200 Å². The van der Waals surface area contributed by atoms with Gasteiger partial charge in [-0.15, -0.1) is 0 Å². The van der Waals surface area contributed by atoms with Gasteiger partial charge in [0.05, 0.1) is 15.5 Å². The highest BCUT2D eigenvalue weighted by molar-refractivity contribution is 7.91. The first-order chi connectivity index (χ1) is 16.1. The summed E-state index contributed by atoms with van der Waals surface area (Å²) in [5.74, 6) is -1.94. The number of carbonyl (C=O) groups excluding carboxylic acids is 1. The molecule has 1 fully saturated rings. The van der Waals surface area contributed by atoms with Crippen LogP contribution in [0.3, 0.4) is 0 Å². The topological polar surface area (TPSA) is 111 Å². The number of ketones is 1. The van der Waals surface area contributed by atoms with Crippen molar-refractivity contribution in [3.63, 3.8) is 0 Å². The van der Waals surface area contributed by atoms with Crippen LogP contribution in [0.4, 0.5) is 0 Å². The molecule has 1 saturated carbocycles. The van der Waals surface area contributed by atoms with Gasteiger partial charge < -0.3 is 5.11 Å². The van der Waals surface area contributed by atoms with Gasteiger partial charge in [-0.3, -0.25) is 4.79 Å². The average Bonchev–Trinajstić information content (AvgIpc) is 3.49. The maximum Gasteiger partial charge on any atom is 0.267 e. The van der Waals surface area contributed by atoms with Crippen LogP contribution < -0.4 is 0 Å². The van der Waals surface area contributed by atoms with Crippen LogP contribution in [-0.2, 0) is 30.3 Å². The number of Topliss-reactive ketones (excluding diaryl/α,β-unsaturated/α-hetero) is 1. The number of nitrogens with zero attached hydrogens (tertiary/aromatic N) is 1. The van der Waals surface area contributed by atoms with E-state index in [9.17, 15) is 26.7 Å². The van der Waals surface area contributed by atoms with Crippen LogP contribution in [0.5, 0.6) is 0 Å². The molecule has 0 aliphatic heterocycles. The van der Waals surface area contributed by atoms with Crippen molar-refractivity contribution in [1.29, 1.82) is 0 Å². The molecule has 3 aromatic rings. The van der Waals surface area contributed by atoms with E-state index >= 15 is 0 Å². The highest BCUT2D eigenvalue weighted by Gasteiger charge is 2.47. The largest absolute Gasteiger partial charge is 0.384 e. The molecule has 1 heterocycles. The lowest BCUT2D eigenvalue weighted by molar-refractivity contribution is -0.125. The van der Waals surface area contributed by atoms with E-state index < -0.39 is 43.1 Å². The molecule has 0 amide bonds. The zero-order chi connectivity index (χ0) is 24.6. The zero-order valence-corrected chi connectivity index (χ0v) is 20.4. The molecular weight excluding hydrogens is 474 g/mol. The third-order valence-electron chi connectivity index (χ3n) is 6.71. The smallest absolute Gasteiger partial charge is 0.267 e. The normalized spacial score (nSPS) is 19.6. The van der Waals surface area contributed by atoms with Crippen molar-refractivity contribution in [3.05, 3.63) is 84.7 Å². The Morgan fingerprint density at radius 1 is 0.971 bits per heavy atom. The van der Waals surface area contributed by atoms with Gasteiger partial charge in [0.1, 0.15) is 11.4 Å². The Morgan fingerprint density at radius 3 is 2.12 bits per heavy atom. The molecule has 1 N–H and O–H groups in total. The minimum Gasteiger partial charge on any atom is -0.384 e. The molecule has 3 unspecified atom stereocenters. The maximum atomic E-state index is 13.3. The van der Waals surface area contributed by atoms with Crippen molar-refractivity contribution in [2.45, 2.75) is 41.6 Å². The molecule has 9 heteroatoms. The number of aromatic nitrogens is 1. The molecule has 3 atom stereocenters. The predicted octanol–water partition coefficient (Wildman–Crippen LogP) is 3.39. The van der Waals surface area contributed by atoms with Crippen molar-refractivity contribution in [2.24, 2.45) is 11.8 Å². The Kier molecular flexibility index (Phi) is 6.54. The van der Waals surface area contributed by atoms with Crippen LogP contribution >= 0.6 is 0 Å². The van der Waals surface area contributed by atoms with Crippen molar-refractivity contribution in [2.75, 3.05) is 5.75 Å². The van der Waals surface area contributed by atoms with Crippen LogP contribution in [0.2, 0.25) is 0 Å². The average molecular weight is 502 g/mol. The van der Waals surface area contributed by atoms with E-state index in [0.717, 1.165) is 3.97 Å². The second-order valence-electron chi connectivity index (χ2n) is 8.80. The van der Waals surface area contributed by atoms with Crippen molar-refractivity contribution in [3.8, 4) is 0 Å². The molecule has 0 saturated heterocycles. The van der Waals surface area contributed by atoms with Gasteiger partial charge in [0.25, 0.3) is 10.0 Å². The molecule has 1 aliphatic carbocycles. The van der Waals surface area contributed by atoms with Gasteiger partial charge in [0.2, 0.25) is 0 Å². The van der Waals surface area contributed by atoms with Gasteiger partial charge >= 0.3 is 0 Å². The number of benzene rings is 2. The van der Waals surface area contributed by atoms with E-state index in [0.29, 0.717) is 19.3 Å². The van der Waals surface area contributed by atoms with Gasteiger partial charge in [-0.25, -0.2) is 20.8 Å². The summed E-state index contributed by atoms with van der Waals surface area (Å²) in [7, 11) is -7.90. The lowest BCUT2D eigenvalue weighted by atomic mass is 9.76. The summed E-state index contributed by atoms with van der Waals surface area (Å²) >= 11 is 0. The molecule has 180 valence electrons. The highest BCUT2D eigenvalue weighted by atomic mass is 32.2. The third kappa shape index (κ3) is 4.47. The molecular formula is C25H27NO6S2. The summed E-state index contributed by atoms with van der Waals surface area (Å²) < 4.78 is 53.7. The van der Waals surface area contributed by atoms with E-state index in [1.54, 1.807) is 43.3 Å². The molecule has 4 rings (SSSR count). The first-order valence-corrected chi connectivity index (χ1v) is 14.2. The van der Waals surface area contributed by atoms with Gasteiger partial charge in [0, 0.05) is 30.3 Å². The maximum absolute atomic E-state index is 13.3. The fourth-order valence-electron chi connectivity index (χ4n) is 4.68. The number of hydrogen-bond acceptors (Lipinski definition) is 6. The Hall–Kier alpha value is -2.75. The van der Waals surface area contributed by atoms with Crippen LogP contribution in [-0.4, -0.2) is 37.5 Å². The third-order valence-corrected chi connectivity index (χ3v) is 10.2. The minimum atomic E-state index is -3.96. The molecule has 34 heavy (non-hydrogen) atoms. The molecule has 1 aliphatic rings. The van der Waals surface area contributed by atoms with Crippen molar-refractivity contribution >= 4 is 25.6 Å². The molecule has 2 aromatic carbocycles. The fraction of sp³-hybridized carbons (Fsp3) is 0.320. The fourth-order valence-corrected chi connectivity index (χ4v) is 7.64. The lowest BCUT2D eigenvalue weighted by Crippen LogP contribution is -2.44. The summed E-state index contributed by atoms with van der Waals surface area (Å²) in [4.78, 5) is 12.6. The van der Waals surface area contributed by atoms with Gasteiger partial charge in [-0.2, -0.15) is 0 Å². The lowest BCUT2D eigenvalue weighted by Gasteiger charge is -2.36. The summed E-state index contributed by atoms with van der Waals surface area (Å²) in [6, 6.07) is 17.0. The number of hydrogen-bond donors (Lipinski definition) is 1. The van der Waals surface area contributed by atoms with Gasteiger partial charge in [-0.05, 0) is 49.1 Å². The van der Waals surface area contributed by atoms with Gasteiger partial charge in [0.15, 0.2) is 9.84 Å². The van der Waals surface area contributed by atoms with Crippen molar-refractivity contribution < 1.29 is 26.7 Å². The van der Waals surface area contributed by atoms with Crippen LogP contribution in [0.25, 0.3) is 0 Å². The molecule has 7 nitrogen and oxygen atoms in total. The van der Waals surface area contributed by atoms with E-state index in [1.165, 1.54) is 42.7 Å². The first kappa shape index (κ1) is 24.4. The summed E-state index contributed by atoms with van der Waals surface area (Å²) in [5.41, 5.74) is -1.84. The predicted molar refractivity (Wildman–Crippen MR) is 127 cm³/mol. The van der Waals surface area contributed by atoms with Crippen LogP contribution in [0.1, 0.15) is 31.7 Å².